The molecule has 156 valence electrons. The van der Waals surface area contributed by atoms with Crippen LogP contribution in [0, 0.1) is 5.92 Å². The monoisotopic (exact) mass is 409 g/mol. The van der Waals surface area contributed by atoms with Crippen molar-refractivity contribution in [3.8, 4) is 0 Å². The maximum absolute atomic E-state index is 12.2. The number of guanidine groups is 2. The van der Waals surface area contributed by atoms with Crippen LogP contribution in [0.2, 0.25) is 0 Å². The number of hydrogen-bond donors (Lipinski definition) is 3. The number of piperidine rings is 1. The number of benzene rings is 1. The molecule has 0 amide bonds. The fourth-order valence-corrected chi connectivity index (χ4v) is 3.59. The topological polar surface area (TPSA) is 135 Å². The Hall–Kier alpha value is -3.69. The summed E-state index contributed by atoms with van der Waals surface area (Å²) in [5.74, 6) is 1.78. The smallest absolute Gasteiger partial charge is 0.317 e. The van der Waals surface area contributed by atoms with E-state index in [0.717, 1.165) is 25.1 Å². The lowest BCUT2D eigenvalue weighted by Crippen LogP contribution is -2.43. The van der Waals surface area contributed by atoms with Crippen LogP contribution in [-0.4, -0.2) is 52.1 Å². The van der Waals surface area contributed by atoms with E-state index in [1.165, 1.54) is 0 Å². The van der Waals surface area contributed by atoms with Crippen molar-refractivity contribution in [2.75, 3.05) is 35.6 Å². The molecule has 0 saturated carbocycles. The van der Waals surface area contributed by atoms with Gasteiger partial charge in [-0.1, -0.05) is 23.2 Å². The van der Waals surface area contributed by atoms with Gasteiger partial charge in [-0.2, -0.15) is 9.56 Å². The van der Waals surface area contributed by atoms with Crippen molar-refractivity contribution in [2.45, 2.75) is 19.8 Å². The third-order valence-electron chi connectivity index (χ3n) is 5.00. The Morgan fingerprint density at radius 1 is 1.30 bits per heavy atom. The van der Waals surface area contributed by atoms with Gasteiger partial charge >= 0.3 is 17.9 Å². The van der Waals surface area contributed by atoms with Gasteiger partial charge in [0.1, 0.15) is 5.82 Å². The molecule has 1 unspecified atom stereocenters. The first kappa shape index (κ1) is 19.6. The Morgan fingerprint density at radius 3 is 2.83 bits per heavy atom. The van der Waals surface area contributed by atoms with Crippen molar-refractivity contribution in [3.05, 3.63) is 36.4 Å². The third-order valence-corrected chi connectivity index (χ3v) is 5.00. The van der Waals surface area contributed by atoms with Crippen LogP contribution in [0.1, 0.15) is 19.8 Å². The highest BCUT2D eigenvalue weighted by molar-refractivity contribution is 6.06. The number of nitrogens with two attached hydrogens (primary N) is 2. The highest BCUT2D eigenvalue weighted by Crippen LogP contribution is 2.26. The summed E-state index contributed by atoms with van der Waals surface area (Å²) in [4.78, 5) is 27.2. The second-order valence-corrected chi connectivity index (χ2v) is 7.10. The number of carbonyl (C=O) groups excluding carboxylic acids is 1. The summed E-state index contributed by atoms with van der Waals surface area (Å²) in [6.45, 7) is 3.48. The second kappa shape index (κ2) is 8.36. The van der Waals surface area contributed by atoms with Gasteiger partial charge in [0.05, 0.1) is 18.2 Å². The van der Waals surface area contributed by atoms with Crippen LogP contribution in [-0.2, 0) is 9.53 Å². The summed E-state index contributed by atoms with van der Waals surface area (Å²) in [6, 6.07) is 11.5. The van der Waals surface area contributed by atoms with Gasteiger partial charge in [0.15, 0.2) is 0 Å². The SMILES string of the molecule is CCOC(=O)C1CCCN(c2cc([N+]3=C(Nc4ccccc4)N=C3N)nc(N)n2)C1. The van der Waals surface area contributed by atoms with E-state index in [9.17, 15) is 4.79 Å². The number of aliphatic imine (C=N–C) groups is 1. The van der Waals surface area contributed by atoms with E-state index >= 15 is 0 Å². The average Bonchev–Trinajstić information content (AvgIpc) is 2.74. The van der Waals surface area contributed by atoms with Gasteiger partial charge in [0.25, 0.3) is 5.95 Å². The van der Waals surface area contributed by atoms with Crippen LogP contribution in [0.15, 0.2) is 41.4 Å². The molecule has 0 radical (unpaired) electrons. The molecule has 0 aliphatic carbocycles. The van der Waals surface area contributed by atoms with Gasteiger partial charge in [-0.25, -0.2) is 0 Å². The Labute approximate surface area is 174 Å². The number of ether oxygens (including phenoxy) is 1. The molecule has 1 saturated heterocycles. The number of nitrogens with one attached hydrogen (secondary N) is 1. The molecule has 1 atom stereocenters. The third kappa shape index (κ3) is 4.02. The van der Waals surface area contributed by atoms with Gasteiger partial charge in [-0.3, -0.25) is 10.1 Å². The lowest BCUT2D eigenvalue weighted by atomic mass is 9.98. The maximum Gasteiger partial charge on any atom is 0.317 e. The quantitative estimate of drug-likeness (QED) is 0.496. The number of rotatable bonds is 5. The van der Waals surface area contributed by atoms with Crippen molar-refractivity contribution in [2.24, 2.45) is 16.6 Å². The van der Waals surface area contributed by atoms with Crippen LogP contribution >= 0.6 is 0 Å². The van der Waals surface area contributed by atoms with Gasteiger partial charge in [-0.05, 0) is 31.9 Å². The van der Waals surface area contributed by atoms with Crippen LogP contribution in [0.3, 0.4) is 0 Å². The fourth-order valence-electron chi connectivity index (χ4n) is 3.59. The molecule has 1 aromatic heterocycles. The molecule has 10 nitrogen and oxygen atoms in total. The molecule has 30 heavy (non-hydrogen) atoms. The van der Waals surface area contributed by atoms with Crippen LogP contribution < -0.4 is 21.7 Å². The molecule has 1 fully saturated rings. The standard InChI is InChI=1S/C20H24N8O2/c1-2-30-17(29)13-7-6-10-27(12-13)15-11-16(25-18(21)24-15)28-19(22)26-20(28)23-14-8-4-3-5-9-14/h3-5,8-9,11,13H,2,6-7,10,12H2,1H3,(H4,21,22,23,24,25,26)/p+1. The van der Waals surface area contributed by atoms with Crippen molar-refractivity contribution < 1.29 is 14.1 Å². The van der Waals surface area contributed by atoms with E-state index in [4.69, 9.17) is 16.2 Å². The predicted molar refractivity (Wildman–Crippen MR) is 115 cm³/mol. The lowest BCUT2D eigenvalue weighted by Gasteiger charge is -2.32. The number of carbonyl (C=O) groups is 1. The summed E-state index contributed by atoms with van der Waals surface area (Å²) >= 11 is 0. The number of aromatic nitrogens is 2. The molecular weight excluding hydrogens is 384 g/mol. The zero-order valence-corrected chi connectivity index (χ0v) is 16.8. The molecule has 2 aliphatic heterocycles. The molecule has 2 aliphatic rings. The van der Waals surface area contributed by atoms with E-state index in [-0.39, 0.29) is 17.8 Å². The Bertz CT molecular complexity index is 1010. The van der Waals surface area contributed by atoms with Crippen molar-refractivity contribution >= 4 is 41.2 Å². The fraction of sp³-hybridized carbons (Fsp3) is 0.350. The molecule has 4 rings (SSSR count). The van der Waals surface area contributed by atoms with Gasteiger partial charge in [0.2, 0.25) is 5.82 Å². The Balaban J connectivity index is 1.59. The highest BCUT2D eigenvalue weighted by atomic mass is 16.5. The van der Waals surface area contributed by atoms with Crippen molar-refractivity contribution in [1.29, 1.82) is 0 Å². The van der Waals surface area contributed by atoms with Gasteiger partial charge in [-0.15, -0.1) is 4.98 Å². The molecule has 5 N–H and O–H groups in total. The molecular formula is C20H25N8O2+. The lowest BCUT2D eigenvalue weighted by molar-refractivity contribution is -0.329. The Morgan fingerprint density at radius 2 is 2.10 bits per heavy atom. The van der Waals surface area contributed by atoms with E-state index in [2.05, 4.69) is 20.3 Å². The number of nitrogens with zero attached hydrogens (tertiary/aromatic N) is 5. The van der Waals surface area contributed by atoms with E-state index in [0.29, 0.717) is 36.7 Å². The summed E-state index contributed by atoms with van der Waals surface area (Å²) < 4.78 is 6.87. The molecule has 0 spiro atoms. The van der Waals surface area contributed by atoms with Crippen molar-refractivity contribution in [1.82, 2.24) is 9.97 Å². The van der Waals surface area contributed by atoms with Crippen LogP contribution in [0.4, 0.5) is 23.3 Å². The Kier molecular flexibility index (Phi) is 5.46. The van der Waals surface area contributed by atoms with Gasteiger partial charge in [0, 0.05) is 19.2 Å². The number of anilines is 3. The van der Waals surface area contributed by atoms with E-state index in [1.807, 2.05) is 42.2 Å². The zero-order chi connectivity index (χ0) is 21.1. The largest absolute Gasteiger partial charge is 0.466 e. The normalized spacial score (nSPS) is 18.5. The van der Waals surface area contributed by atoms with Crippen LogP contribution in [0.25, 0.3) is 0 Å². The number of nitrogen functional groups attached to an aromatic ring is 1. The van der Waals surface area contributed by atoms with Gasteiger partial charge < -0.3 is 21.1 Å². The average molecular weight is 409 g/mol. The zero-order valence-electron chi connectivity index (χ0n) is 16.8. The minimum Gasteiger partial charge on any atom is -0.466 e. The van der Waals surface area contributed by atoms with E-state index in [1.54, 1.807) is 10.6 Å². The summed E-state index contributed by atoms with van der Waals surface area (Å²) in [5.41, 5.74) is 12.9. The van der Waals surface area contributed by atoms with E-state index < -0.39 is 0 Å². The summed E-state index contributed by atoms with van der Waals surface area (Å²) in [6.07, 6.45) is 1.66. The van der Waals surface area contributed by atoms with Crippen molar-refractivity contribution in [3.63, 3.8) is 0 Å². The maximum atomic E-state index is 12.2. The first-order valence-electron chi connectivity index (χ1n) is 9.94. The molecule has 3 heterocycles. The minimum atomic E-state index is -0.184. The highest BCUT2D eigenvalue weighted by Gasteiger charge is 2.31. The summed E-state index contributed by atoms with van der Waals surface area (Å²) in [5, 5.41) is 3.21. The predicted octanol–water partition coefficient (Wildman–Crippen LogP) is 1.28. The molecule has 1 aromatic carbocycles. The number of para-hydroxylation sites is 1. The first-order valence-corrected chi connectivity index (χ1v) is 9.94. The molecule has 2 aromatic rings. The summed E-state index contributed by atoms with van der Waals surface area (Å²) in [7, 11) is 0. The number of hydrogen-bond acceptors (Lipinski definition) is 9. The molecule has 0 bridgehead atoms. The molecule has 10 heteroatoms. The minimum absolute atomic E-state index is 0.125. The van der Waals surface area contributed by atoms with Crippen LogP contribution in [0.5, 0.6) is 0 Å². The second-order valence-electron chi connectivity index (χ2n) is 7.10. The first-order chi connectivity index (χ1) is 14.5. The number of esters is 1.